The number of nitrogens with zero attached hydrogens (tertiary/aromatic N) is 2. The molecule has 0 bridgehead atoms. The Morgan fingerprint density at radius 3 is 2.95 bits per heavy atom. The van der Waals surface area contributed by atoms with Crippen LogP contribution < -0.4 is 4.57 Å². The Morgan fingerprint density at radius 2 is 2.21 bits per heavy atom. The van der Waals surface area contributed by atoms with E-state index >= 15 is 0 Å². The molecule has 0 aliphatic carbocycles. The van der Waals surface area contributed by atoms with Gasteiger partial charge in [-0.2, -0.15) is 4.57 Å². The Kier molecular flexibility index (Phi) is 3.25. The summed E-state index contributed by atoms with van der Waals surface area (Å²) < 4.78 is 6.98. The first-order valence-corrected chi connectivity index (χ1v) is 7.05. The number of carbonyl (C=O) groups is 2. The summed E-state index contributed by atoms with van der Waals surface area (Å²) >= 11 is 1.67. The van der Waals surface area contributed by atoms with Gasteiger partial charge >= 0.3 is 5.97 Å². The normalized spacial score (nSPS) is 21.3. The Hall–Kier alpha value is -1.82. The summed E-state index contributed by atoms with van der Waals surface area (Å²) in [7, 11) is 0. The molecule has 1 amide bonds. The lowest BCUT2D eigenvalue weighted by atomic mass is 10.1. The van der Waals surface area contributed by atoms with E-state index in [0.717, 1.165) is 5.75 Å². The Bertz CT molecular complexity index is 544. The van der Waals surface area contributed by atoms with Gasteiger partial charge in [0.05, 0.1) is 11.8 Å². The quantitative estimate of drug-likeness (QED) is 0.463. The molecule has 2 aliphatic heterocycles. The van der Waals surface area contributed by atoms with E-state index in [2.05, 4.69) is 0 Å². The zero-order chi connectivity index (χ0) is 13.2. The molecule has 0 N–H and O–H groups in total. The number of pyridine rings is 1. The van der Waals surface area contributed by atoms with Crippen LogP contribution in [0.4, 0.5) is 0 Å². The third-order valence-electron chi connectivity index (χ3n) is 3.06. The summed E-state index contributed by atoms with van der Waals surface area (Å²) in [5.74, 6) is 0.305. The summed E-state index contributed by atoms with van der Waals surface area (Å²) in [4.78, 5) is 25.0. The number of hydrogen-bond acceptors (Lipinski definition) is 4. The average molecular weight is 277 g/mol. The van der Waals surface area contributed by atoms with Gasteiger partial charge in [0.25, 0.3) is 6.73 Å². The van der Waals surface area contributed by atoms with Crippen LogP contribution in [0.3, 0.4) is 0 Å². The maximum Gasteiger partial charge on any atom is 0.359 e. The highest BCUT2D eigenvalue weighted by molar-refractivity contribution is 8.00. The number of hydrogen-bond donors (Lipinski definition) is 0. The van der Waals surface area contributed by atoms with Crippen molar-refractivity contribution in [2.24, 2.45) is 0 Å². The number of rotatable bonds is 3. The molecule has 98 valence electrons. The van der Waals surface area contributed by atoms with Crippen molar-refractivity contribution in [1.29, 1.82) is 0 Å². The van der Waals surface area contributed by atoms with E-state index in [9.17, 15) is 9.59 Å². The summed E-state index contributed by atoms with van der Waals surface area (Å²) in [6.45, 7) is 0.150. The number of β-lactam (4-membered cyclic amide) rings is 1. The molecule has 1 aromatic rings. The van der Waals surface area contributed by atoms with Gasteiger partial charge in [0.15, 0.2) is 12.4 Å². The van der Waals surface area contributed by atoms with E-state index in [-0.39, 0.29) is 18.0 Å². The number of ether oxygens (including phenoxy) is 1. The smallest absolute Gasteiger partial charge is 0.359 e. The summed E-state index contributed by atoms with van der Waals surface area (Å²) in [6, 6.07) is 5.61. The largest absolute Gasteiger partial charge is 0.400 e. The van der Waals surface area contributed by atoms with Gasteiger partial charge in [-0.05, 0) is 6.08 Å². The molecule has 2 aliphatic rings. The third kappa shape index (κ3) is 2.35. The lowest BCUT2D eigenvalue weighted by Crippen LogP contribution is -2.53. The van der Waals surface area contributed by atoms with Gasteiger partial charge in [0.1, 0.15) is 5.70 Å². The topological polar surface area (TPSA) is 50.5 Å². The molecule has 6 heteroatoms. The fraction of sp³-hybridized carbons (Fsp3) is 0.308. The van der Waals surface area contributed by atoms with E-state index in [4.69, 9.17) is 4.74 Å². The van der Waals surface area contributed by atoms with Crippen LogP contribution in [-0.4, -0.2) is 27.9 Å². The minimum atomic E-state index is -0.435. The molecular formula is C13H13N2O3S+. The number of thioether (sulfide) groups is 1. The Morgan fingerprint density at radius 1 is 1.42 bits per heavy atom. The molecule has 0 unspecified atom stereocenters. The molecular weight excluding hydrogens is 264 g/mol. The molecule has 0 saturated carbocycles. The maximum absolute atomic E-state index is 12.0. The molecule has 5 nitrogen and oxygen atoms in total. The van der Waals surface area contributed by atoms with Gasteiger partial charge in [-0.25, -0.2) is 4.79 Å². The van der Waals surface area contributed by atoms with E-state index in [1.54, 1.807) is 22.4 Å². The highest BCUT2D eigenvalue weighted by Gasteiger charge is 2.43. The fourth-order valence-corrected chi connectivity index (χ4v) is 3.17. The van der Waals surface area contributed by atoms with Gasteiger partial charge in [0.2, 0.25) is 5.91 Å². The monoisotopic (exact) mass is 277 g/mol. The Labute approximate surface area is 114 Å². The minimum Gasteiger partial charge on any atom is -0.400 e. The minimum absolute atomic E-state index is 0.00670. The molecule has 1 saturated heterocycles. The summed E-state index contributed by atoms with van der Waals surface area (Å²) in [6.07, 6.45) is 5.91. The van der Waals surface area contributed by atoms with Crippen molar-refractivity contribution in [1.82, 2.24) is 4.90 Å². The standard InChI is InChI=1S/C13H13N2O3S/c16-11-8-12-15(11)10(4-7-19-12)13(17)18-9-14-5-2-1-3-6-14/h1-6,12H,7-9H2/q+1/t12-/m1/s1. The third-order valence-corrected chi connectivity index (χ3v) is 4.18. The predicted molar refractivity (Wildman–Crippen MR) is 68.5 cm³/mol. The van der Waals surface area contributed by atoms with Gasteiger partial charge in [-0.15, -0.1) is 11.8 Å². The van der Waals surface area contributed by atoms with Crippen LogP contribution in [0, 0.1) is 0 Å². The van der Waals surface area contributed by atoms with Crippen LogP contribution in [0.5, 0.6) is 0 Å². The molecule has 3 heterocycles. The van der Waals surface area contributed by atoms with Crippen LogP contribution in [0.25, 0.3) is 0 Å². The number of amides is 1. The molecule has 1 atom stereocenters. The molecule has 19 heavy (non-hydrogen) atoms. The van der Waals surface area contributed by atoms with Gasteiger partial charge in [-0.3, -0.25) is 9.69 Å². The zero-order valence-corrected chi connectivity index (χ0v) is 11.0. The second-order valence-electron chi connectivity index (χ2n) is 4.30. The first-order valence-electron chi connectivity index (χ1n) is 6.01. The molecule has 1 fully saturated rings. The number of carbonyl (C=O) groups excluding carboxylic acids is 2. The highest BCUT2D eigenvalue weighted by atomic mass is 32.2. The molecule has 0 aromatic carbocycles. The van der Waals surface area contributed by atoms with Crippen LogP contribution in [0.2, 0.25) is 0 Å². The van der Waals surface area contributed by atoms with Crippen LogP contribution >= 0.6 is 11.8 Å². The second-order valence-corrected chi connectivity index (χ2v) is 5.51. The SMILES string of the molecule is O=C(OC[n+]1ccccc1)C1=CCS[C@@H]2CC(=O)N12. The molecule has 1 aromatic heterocycles. The van der Waals surface area contributed by atoms with Crippen molar-refractivity contribution in [2.75, 3.05) is 5.75 Å². The van der Waals surface area contributed by atoms with E-state index in [0.29, 0.717) is 12.1 Å². The van der Waals surface area contributed by atoms with Crippen molar-refractivity contribution in [3.05, 3.63) is 42.4 Å². The number of esters is 1. The van der Waals surface area contributed by atoms with Crippen LogP contribution in [0.15, 0.2) is 42.4 Å². The molecule has 3 rings (SSSR count). The molecule has 0 spiro atoms. The van der Waals surface area contributed by atoms with E-state index < -0.39 is 5.97 Å². The first kappa shape index (κ1) is 12.2. The summed E-state index contributed by atoms with van der Waals surface area (Å²) in [5, 5.41) is 0.115. The molecule has 0 radical (unpaired) electrons. The fourth-order valence-electron chi connectivity index (χ4n) is 2.06. The van der Waals surface area contributed by atoms with E-state index in [1.807, 2.05) is 30.6 Å². The van der Waals surface area contributed by atoms with E-state index in [1.165, 1.54) is 4.90 Å². The number of fused-ring (bicyclic) bond motifs is 1. The highest BCUT2D eigenvalue weighted by Crippen LogP contribution is 2.37. The van der Waals surface area contributed by atoms with Gasteiger partial charge in [-0.1, -0.05) is 6.07 Å². The summed E-state index contributed by atoms with van der Waals surface area (Å²) in [5.41, 5.74) is 0.386. The van der Waals surface area contributed by atoms with Crippen LogP contribution in [0.1, 0.15) is 6.42 Å². The van der Waals surface area contributed by atoms with Gasteiger partial charge in [0, 0.05) is 17.9 Å². The second kappa shape index (κ2) is 5.05. The lowest BCUT2D eigenvalue weighted by Gasteiger charge is -2.42. The lowest BCUT2D eigenvalue weighted by molar-refractivity contribution is -0.727. The van der Waals surface area contributed by atoms with Crippen molar-refractivity contribution in [2.45, 2.75) is 18.5 Å². The Balaban J connectivity index is 1.64. The zero-order valence-electron chi connectivity index (χ0n) is 10.2. The number of aromatic nitrogens is 1. The average Bonchev–Trinajstić information content (AvgIpc) is 2.44. The van der Waals surface area contributed by atoms with Crippen LogP contribution in [-0.2, 0) is 21.1 Å². The van der Waals surface area contributed by atoms with Crippen molar-refractivity contribution >= 4 is 23.6 Å². The predicted octanol–water partition coefficient (Wildman–Crippen LogP) is 0.664. The van der Waals surface area contributed by atoms with Crippen molar-refractivity contribution in [3.63, 3.8) is 0 Å². The van der Waals surface area contributed by atoms with Crippen molar-refractivity contribution in [3.8, 4) is 0 Å². The maximum atomic E-state index is 12.0. The van der Waals surface area contributed by atoms with Crippen molar-refractivity contribution < 1.29 is 18.9 Å². The van der Waals surface area contributed by atoms with Gasteiger partial charge < -0.3 is 4.74 Å². The first-order chi connectivity index (χ1) is 9.25.